The van der Waals surface area contributed by atoms with Crippen LogP contribution in [0.1, 0.15) is 21.5 Å². The first-order valence-corrected chi connectivity index (χ1v) is 10.3. The molecule has 0 spiro atoms. The molecule has 0 heterocycles. The minimum Gasteiger partial charge on any atom is -0.496 e. The average molecular weight is 518 g/mol. The Bertz CT molecular complexity index is 1040. The van der Waals surface area contributed by atoms with Crippen molar-refractivity contribution in [3.63, 3.8) is 0 Å². The summed E-state index contributed by atoms with van der Waals surface area (Å²) in [5.41, 5.74) is 4.67. The van der Waals surface area contributed by atoms with Crippen LogP contribution in [0.2, 0.25) is 0 Å². The molecule has 0 aliphatic carbocycles. The fourth-order valence-corrected chi connectivity index (χ4v) is 3.42. The van der Waals surface area contributed by atoms with Gasteiger partial charge >= 0.3 is 0 Å². The summed E-state index contributed by atoms with van der Waals surface area (Å²) in [6.45, 7) is 0.349. The molecule has 0 radical (unpaired) electrons. The van der Waals surface area contributed by atoms with Crippen molar-refractivity contribution in [2.45, 2.75) is 6.61 Å². The summed E-state index contributed by atoms with van der Waals surface area (Å²) in [4.78, 5) is 12.6. The lowest BCUT2D eigenvalue weighted by atomic mass is 10.2. The van der Waals surface area contributed by atoms with Crippen molar-refractivity contribution in [2.75, 3.05) is 7.11 Å². The number of hydrogen-bond donors (Lipinski definition) is 1. The molecule has 0 aliphatic heterocycles. The van der Waals surface area contributed by atoms with Gasteiger partial charge < -0.3 is 9.47 Å². The van der Waals surface area contributed by atoms with E-state index in [0.717, 1.165) is 20.1 Å². The predicted molar refractivity (Wildman–Crippen MR) is 121 cm³/mol. The van der Waals surface area contributed by atoms with Crippen LogP contribution in [-0.4, -0.2) is 19.2 Å². The zero-order valence-corrected chi connectivity index (χ0v) is 18.7. The Labute approximate surface area is 186 Å². The van der Waals surface area contributed by atoms with E-state index in [1.165, 1.54) is 6.21 Å². The fraction of sp³-hybridized carbons (Fsp3) is 0.0909. The summed E-state index contributed by atoms with van der Waals surface area (Å²) in [5.74, 6) is 0.782. The maximum absolute atomic E-state index is 12.6. The number of rotatable bonds is 7. The van der Waals surface area contributed by atoms with Crippen molar-refractivity contribution in [3.8, 4) is 11.5 Å². The number of nitrogens with zero attached hydrogens (tertiary/aromatic N) is 1. The van der Waals surface area contributed by atoms with E-state index in [0.29, 0.717) is 23.7 Å². The van der Waals surface area contributed by atoms with Gasteiger partial charge in [0.2, 0.25) is 0 Å². The smallest absolute Gasteiger partial charge is 0.275 e. The van der Waals surface area contributed by atoms with E-state index < -0.39 is 0 Å². The van der Waals surface area contributed by atoms with Gasteiger partial charge in [-0.15, -0.1) is 0 Å². The molecule has 0 saturated heterocycles. The lowest BCUT2D eigenvalue weighted by Gasteiger charge is -2.11. The number of nitrogens with one attached hydrogen (secondary N) is 1. The van der Waals surface area contributed by atoms with E-state index in [9.17, 15) is 4.79 Å². The minimum absolute atomic E-state index is 0.349. The Morgan fingerprint density at radius 3 is 2.59 bits per heavy atom. The zero-order chi connectivity index (χ0) is 20.6. The Kier molecular flexibility index (Phi) is 7.43. The molecule has 5 nitrogen and oxygen atoms in total. The quantitative estimate of drug-likeness (QED) is 0.329. The summed E-state index contributed by atoms with van der Waals surface area (Å²) in [6, 6.07) is 20.4. The molecule has 7 heteroatoms. The molecular formula is C22H18Br2N2O3. The third-order valence-corrected chi connectivity index (χ3v) is 4.96. The topological polar surface area (TPSA) is 59.9 Å². The van der Waals surface area contributed by atoms with Gasteiger partial charge in [0.1, 0.15) is 18.1 Å². The number of hydrazone groups is 1. The van der Waals surface area contributed by atoms with Gasteiger partial charge in [0.05, 0.1) is 18.9 Å². The van der Waals surface area contributed by atoms with Crippen LogP contribution in [-0.2, 0) is 6.61 Å². The summed E-state index contributed by atoms with van der Waals surface area (Å²) in [7, 11) is 1.58. The van der Waals surface area contributed by atoms with Gasteiger partial charge in [-0.2, -0.15) is 5.10 Å². The second-order valence-electron chi connectivity index (χ2n) is 6.00. The van der Waals surface area contributed by atoms with Crippen LogP contribution in [0.3, 0.4) is 0 Å². The van der Waals surface area contributed by atoms with Crippen LogP contribution in [0.25, 0.3) is 0 Å². The van der Waals surface area contributed by atoms with E-state index in [1.807, 2.05) is 48.5 Å². The van der Waals surface area contributed by atoms with E-state index in [1.54, 1.807) is 25.3 Å². The van der Waals surface area contributed by atoms with Crippen LogP contribution in [0.5, 0.6) is 11.5 Å². The summed E-state index contributed by atoms with van der Waals surface area (Å²) in [5, 5.41) is 4.05. The summed E-state index contributed by atoms with van der Waals surface area (Å²) in [6.07, 6.45) is 1.53. The number of carbonyl (C=O) groups is 1. The summed E-state index contributed by atoms with van der Waals surface area (Å²) >= 11 is 6.85. The molecule has 148 valence electrons. The largest absolute Gasteiger partial charge is 0.496 e. The Balaban J connectivity index is 1.69. The second-order valence-corrected chi connectivity index (χ2v) is 7.83. The maximum Gasteiger partial charge on any atom is 0.275 e. The molecule has 0 saturated carbocycles. The molecule has 0 fully saturated rings. The van der Waals surface area contributed by atoms with Crippen LogP contribution < -0.4 is 14.9 Å². The van der Waals surface area contributed by atoms with Gasteiger partial charge in [-0.3, -0.25) is 4.79 Å². The third-order valence-electron chi connectivity index (χ3n) is 3.98. The third kappa shape index (κ3) is 5.92. The summed E-state index contributed by atoms with van der Waals surface area (Å²) < 4.78 is 13.0. The average Bonchev–Trinajstić information content (AvgIpc) is 2.72. The van der Waals surface area contributed by atoms with Gasteiger partial charge in [0.25, 0.3) is 5.91 Å². The van der Waals surface area contributed by atoms with Crippen molar-refractivity contribution < 1.29 is 14.3 Å². The molecule has 0 aliphatic rings. The Morgan fingerprint density at radius 1 is 1.00 bits per heavy atom. The molecule has 0 aromatic heterocycles. The number of carbonyl (C=O) groups excluding carboxylic acids is 1. The highest BCUT2D eigenvalue weighted by molar-refractivity contribution is 9.10. The SMILES string of the molecule is COc1ccc(Br)cc1/C=N\NC(=O)c1ccccc1OCc1cccc(Br)c1. The highest BCUT2D eigenvalue weighted by Gasteiger charge is 2.12. The first-order chi connectivity index (χ1) is 14.1. The maximum atomic E-state index is 12.6. The molecule has 0 unspecified atom stereocenters. The fourth-order valence-electron chi connectivity index (χ4n) is 2.59. The molecule has 3 rings (SSSR count). The van der Waals surface area contributed by atoms with Crippen LogP contribution in [0, 0.1) is 0 Å². The van der Waals surface area contributed by atoms with E-state index in [2.05, 4.69) is 42.4 Å². The second kappa shape index (κ2) is 10.2. The number of benzene rings is 3. The number of methoxy groups -OCH3 is 1. The molecule has 1 amide bonds. The number of amides is 1. The highest BCUT2D eigenvalue weighted by Crippen LogP contribution is 2.22. The monoisotopic (exact) mass is 516 g/mol. The van der Waals surface area contributed by atoms with Crippen molar-refractivity contribution in [2.24, 2.45) is 5.10 Å². The molecule has 29 heavy (non-hydrogen) atoms. The lowest BCUT2D eigenvalue weighted by molar-refractivity contribution is 0.0950. The van der Waals surface area contributed by atoms with Gasteiger partial charge in [-0.1, -0.05) is 56.1 Å². The first-order valence-electron chi connectivity index (χ1n) is 8.70. The standard InChI is InChI=1S/C22H18Br2N2O3/c1-28-20-10-9-18(24)12-16(20)13-25-26-22(27)19-7-2-3-8-21(19)29-14-15-5-4-6-17(23)11-15/h2-13H,14H2,1H3,(H,26,27)/b25-13-. The number of ether oxygens (including phenoxy) is 2. The van der Waals surface area contributed by atoms with E-state index >= 15 is 0 Å². The van der Waals surface area contributed by atoms with Crippen LogP contribution in [0.15, 0.2) is 80.8 Å². The van der Waals surface area contributed by atoms with Gasteiger partial charge in [0.15, 0.2) is 0 Å². The first kappa shape index (κ1) is 21.1. The normalized spacial score (nSPS) is 10.7. The Morgan fingerprint density at radius 2 is 1.79 bits per heavy atom. The van der Waals surface area contributed by atoms with E-state index in [4.69, 9.17) is 9.47 Å². The molecule has 3 aromatic carbocycles. The van der Waals surface area contributed by atoms with Gasteiger partial charge in [-0.05, 0) is 48.0 Å². The predicted octanol–water partition coefficient (Wildman–Crippen LogP) is 5.56. The molecule has 3 aromatic rings. The number of hydrogen-bond acceptors (Lipinski definition) is 4. The van der Waals surface area contributed by atoms with Crippen LogP contribution >= 0.6 is 31.9 Å². The number of para-hydroxylation sites is 1. The van der Waals surface area contributed by atoms with Crippen molar-refractivity contribution in [3.05, 3.63) is 92.4 Å². The van der Waals surface area contributed by atoms with Crippen molar-refractivity contribution in [1.29, 1.82) is 0 Å². The molecule has 0 bridgehead atoms. The van der Waals surface area contributed by atoms with Gasteiger partial charge in [0, 0.05) is 14.5 Å². The van der Waals surface area contributed by atoms with E-state index in [-0.39, 0.29) is 5.91 Å². The van der Waals surface area contributed by atoms with Crippen LogP contribution in [0.4, 0.5) is 0 Å². The zero-order valence-electron chi connectivity index (χ0n) is 15.6. The lowest BCUT2D eigenvalue weighted by Crippen LogP contribution is -2.18. The molecule has 1 N–H and O–H groups in total. The Hall–Kier alpha value is -2.64. The minimum atomic E-state index is -0.361. The highest BCUT2D eigenvalue weighted by atomic mass is 79.9. The van der Waals surface area contributed by atoms with Crippen molar-refractivity contribution >= 4 is 44.0 Å². The van der Waals surface area contributed by atoms with Gasteiger partial charge in [-0.25, -0.2) is 5.43 Å². The molecule has 0 atom stereocenters. The number of halogens is 2. The molecular weight excluding hydrogens is 500 g/mol. The van der Waals surface area contributed by atoms with Crippen molar-refractivity contribution in [1.82, 2.24) is 5.43 Å².